The zero-order valence-corrected chi connectivity index (χ0v) is 8.37. The lowest BCUT2D eigenvalue weighted by Crippen LogP contribution is -2.12. The van der Waals surface area contributed by atoms with E-state index in [0.717, 1.165) is 12.5 Å². The van der Waals surface area contributed by atoms with Crippen LogP contribution in [0.1, 0.15) is 27.2 Å². The van der Waals surface area contributed by atoms with E-state index < -0.39 is 5.97 Å². The molecule has 0 aliphatic rings. The second-order valence-electron chi connectivity index (χ2n) is 2.88. The molecule has 13 heavy (non-hydrogen) atoms. The maximum Gasteiger partial charge on any atom is 0.336 e. The lowest BCUT2D eigenvalue weighted by atomic mass is 10.5. The number of esters is 1. The van der Waals surface area contributed by atoms with Gasteiger partial charge in [0, 0.05) is 0 Å². The van der Waals surface area contributed by atoms with Crippen molar-refractivity contribution in [2.24, 2.45) is 5.73 Å². The number of carbonyl (C=O) groups excluding carboxylic acids is 1. The van der Waals surface area contributed by atoms with E-state index >= 15 is 0 Å². The minimum absolute atomic E-state index is 0.0322. The van der Waals surface area contributed by atoms with Crippen molar-refractivity contribution in [1.82, 2.24) is 0 Å². The zero-order chi connectivity index (χ0) is 10.3. The van der Waals surface area contributed by atoms with Gasteiger partial charge in [-0.25, -0.2) is 4.79 Å². The van der Waals surface area contributed by atoms with Gasteiger partial charge in [0.2, 0.25) is 0 Å². The molecule has 0 saturated heterocycles. The molecule has 0 saturated carbocycles. The third-order valence-corrected chi connectivity index (χ3v) is 1.08. The van der Waals surface area contributed by atoms with Crippen molar-refractivity contribution in [2.75, 3.05) is 6.61 Å². The molecule has 0 rings (SSSR count). The van der Waals surface area contributed by atoms with E-state index in [4.69, 9.17) is 15.2 Å². The Kier molecular flexibility index (Phi) is 5.76. The van der Waals surface area contributed by atoms with Crippen LogP contribution in [0.5, 0.6) is 0 Å². The summed E-state index contributed by atoms with van der Waals surface area (Å²) in [6.07, 6.45) is 1.91. The van der Waals surface area contributed by atoms with Crippen molar-refractivity contribution in [3.8, 4) is 0 Å². The molecule has 4 heteroatoms. The van der Waals surface area contributed by atoms with Gasteiger partial charge in [0.15, 0.2) is 5.88 Å². The largest absolute Gasteiger partial charge is 0.476 e. The van der Waals surface area contributed by atoms with E-state index in [-0.39, 0.29) is 12.0 Å². The van der Waals surface area contributed by atoms with Crippen molar-refractivity contribution >= 4 is 5.97 Å². The monoisotopic (exact) mass is 187 g/mol. The van der Waals surface area contributed by atoms with Crippen molar-refractivity contribution in [2.45, 2.75) is 33.3 Å². The first-order valence-electron chi connectivity index (χ1n) is 4.36. The van der Waals surface area contributed by atoms with Crippen LogP contribution in [0.2, 0.25) is 0 Å². The fraction of sp³-hybridized carbons (Fsp3) is 0.667. The molecule has 0 atom stereocenters. The molecule has 0 fully saturated rings. The molecule has 0 aliphatic heterocycles. The summed E-state index contributed by atoms with van der Waals surface area (Å²) in [5.41, 5.74) is 5.39. The average Bonchev–Trinajstić information content (AvgIpc) is 1.98. The van der Waals surface area contributed by atoms with Crippen molar-refractivity contribution in [1.29, 1.82) is 0 Å². The maximum absolute atomic E-state index is 10.9. The summed E-state index contributed by atoms with van der Waals surface area (Å²) in [7, 11) is 0. The second-order valence-corrected chi connectivity index (χ2v) is 2.88. The van der Waals surface area contributed by atoms with Crippen LogP contribution < -0.4 is 5.73 Å². The van der Waals surface area contributed by atoms with Crippen LogP contribution in [0.4, 0.5) is 0 Å². The summed E-state index contributed by atoms with van der Waals surface area (Å²) in [4.78, 5) is 10.9. The van der Waals surface area contributed by atoms with Gasteiger partial charge in [-0.05, 0) is 20.3 Å². The van der Waals surface area contributed by atoms with Gasteiger partial charge in [-0.1, -0.05) is 6.92 Å². The Hall–Kier alpha value is -1.19. The summed E-state index contributed by atoms with van der Waals surface area (Å²) in [6, 6.07) is 0. The Labute approximate surface area is 78.7 Å². The van der Waals surface area contributed by atoms with Crippen LogP contribution in [0.15, 0.2) is 12.0 Å². The first kappa shape index (κ1) is 11.8. The van der Waals surface area contributed by atoms with Gasteiger partial charge in [-0.15, -0.1) is 0 Å². The summed E-state index contributed by atoms with van der Waals surface area (Å²) >= 11 is 0. The molecule has 4 nitrogen and oxygen atoms in total. The number of hydrogen-bond acceptors (Lipinski definition) is 4. The Bertz CT molecular complexity index is 187. The highest BCUT2D eigenvalue weighted by atomic mass is 16.5. The number of nitrogens with two attached hydrogens (primary N) is 1. The van der Waals surface area contributed by atoms with Gasteiger partial charge < -0.3 is 15.2 Å². The molecule has 0 unspecified atom stereocenters. The van der Waals surface area contributed by atoms with Gasteiger partial charge in [0.05, 0.1) is 18.8 Å². The number of carbonyl (C=O) groups is 1. The highest BCUT2D eigenvalue weighted by molar-refractivity contribution is 5.82. The second kappa shape index (κ2) is 6.34. The number of rotatable bonds is 5. The van der Waals surface area contributed by atoms with E-state index in [1.165, 1.54) is 0 Å². The van der Waals surface area contributed by atoms with Crippen LogP contribution in [-0.4, -0.2) is 18.7 Å². The molecule has 0 bridgehead atoms. The molecule has 0 spiro atoms. The predicted molar refractivity (Wildman–Crippen MR) is 49.7 cm³/mol. The third kappa shape index (κ3) is 7.18. The number of hydrogen-bond donors (Lipinski definition) is 1. The smallest absolute Gasteiger partial charge is 0.336 e. The minimum atomic E-state index is -0.458. The SMILES string of the molecule is CCCOC(=O)/C=C(/N)OC(C)C. The van der Waals surface area contributed by atoms with Gasteiger partial charge in [0.1, 0.15) is 0 Å². The summed E-state index contributed by atoms with van der Waals surface area (Å²) in [5, 5.41) is 0. The highest BCUT2D eigenvalue weighted by Crippen LogP contribution is 1.96. The molecule has 0 aliphatic carbocycles. The fourth-order valence-electron chi connectivity index (χ4n) is 0.667. The van der Waals surface area contributed by atoms with Gasteiger partial charge in [0.25, 0.3) is 0 Å². The predicted octanol–water partition coefficient (Wildman–Crippen LogP) is 1.16. The van der Waals surface area contributed by atoms with Crippen LogP contribution in [0.25, 0.3) is 0 Å². The average molecular weight is 187 g/mol. The molecule has 2 N–H and O–H groups in total. The Morgan fingerprint density at radius 3 is 2.62 bits per heavy atom. The van der Waals surface area contributed by atoms with E-state index in [1.807, 2.05) is 20.8 Å². The topological polar surface area (TPSA) is 61.5 Å². The Balaban J connectivity index is 3.84. The molecule has 0 amide bonds. The first-order chi connectivity index (χ1) is 6.06. The third-order valence-electron chi connectivity index (χ3n) is 1.08. The molecule has 76 valence electrons. The summed E-state index contributed by atoms with van der Waals surface area (Å²) in [5.74, 6) is -0.365. The lowest BCUT2D eigenvalue weighted by molar-refractivity contribution is -0.138. The van der Waals surface area contributed by atoms with Crippen molar-refractivity contribution in [3.63, 3.8) is 0 Å². The van der Waals surface area contributed by atoms with Gasteiger partial charge >= 0.3 is 5.97 Å². The van der Waals surface area contributed by atoms with E-state index in [2.05, 4.69) is 0 Å². The first-order valence-corrected chi connectivity index (χ1v) is 4.36. The molecule has 0 heterocycles. The van der Waals surface area contributed by atoms with Crippen LogP contribution >= 0.6 is 0 Å². The molecule has 0 aromatic carbocycles. The van der Waals surface area contributed by atoms with Crippen molar-refractivity contribution < 1.29 is 14.3 Å². The standard InChI is InChI=1S/C9H17NO3/c1-4-5-12-9(11)6-8(10)13-7(2)3/h6-7H,4-5,10H2,1-3H3/b8-6-. The quantitative estimate of drug-likeness (QED) is 0.398. The van der Waals surface area contributed by atoms with Crippen LogP contribution in [-0.2, 0) is 14.3 Å². The number of ether oxygens (including phenoxy) is 2. The fourth-order valence-corrected chi connectivity index (χ4v) is 0.667. The lowest BCUT2D eigenvalue weighted by Gasteiger charge is -2.08. The van der Waals surface area contributed by atoms with Gasteiger partial charge in [-0.2, -0.15) is 0 Å². The molecular weight excluding hydrogens is 170 g/mol. The zero-order valence-electron chi connectivity index (χ0n) is 8.37. The minimum Gasteiger partial charge on any atom is -0.476 e. The van der Waals surface area contributed by atoms with E-state index in [1.54, 1.807) is 0 Å². The molecule has 0 aromatic heterocycles. The van der Waals surface area contributed by atoms with Crippen LogP contribution in [0.3, 0.4) is 0 Å². The molecule has 0 aromatic rings. The van der Waals surface area contributed by atoms with E-state index in [0.29, 0.717) is 6.61 Å². The Morgan fingerprint density at radius 2 is 2.15 bits per heavy atom. The molecule has 0 radical (unpaired) electrons. The maximum atomic E-state index is 10.9. The Morgan fingerprint density at radius 1 is 1.54 bits per heavy atom. The van der Waals surface area contributed by atoms with E-state index in [9.17, 15) is 4.79 Å². The van der Waals surface area contributed by atoms with Gasteiger partial charge in [-0.3, -0.25) is 0 Å². The molecular formula is C9H17NO3. The van der Waals surface area contributed by atoms with Crippen molar-refractivity contribution in [3.05, 3.63) is 12.0 Å². The summed E-state index contributed by atoms with van der Waals surface area (Å²) < 4.78 is 9.81. The van der Waals surface area contributed by atoms with Crippen LogP contribution in [0, 0.1) is 0 Å². The highest BCUT2D eigenvalue weighted by Gasteiger charge is 2.01. The normalized spacial score (nSPS) is 11.5. The summed E-state index contributed by atoms with van der Waals surface area (Å²) in [6.45, 7) is 5.99.